The molecule has 0 radical (unpaired) electrons. The summed E-state index contributed by atoms with van der Waals surface area (Å²) in [5.41, 5.74) is 12.6. The van der Waals surface area contributed by atoms with Gasteiger partial charge in [0.05, 0.1) is 11.0 Å². The van der Waals surface area contributed by atoms with Gasteiger partial charge in [-0.1, -0.05) is 95.9 Å². The molecule has 10 aromatic rings. The van der Waals surface area contributed by atoms with E-state index in [1.807, 2.05) is 30.5 Å². The molecule has 0 bridgehead atoms. The van der Waals surface area contributed by atoms with Gasteiger partial charge in [0.2, 0.25) is 0 Å². The van der Waals surface area contributed by atoms with Gasteiger partial charge in [0.15, 0.2) is 0 Å². The smallest absolute Gasteiger partial charge is 0.656 e. The first-order chi connectivity index (χ1) is 24.1. The van der Waals surface area contributed by atoms with E-state index in [1.54, 1.807) is 0 Å². The first-order valence-corrected chi connectivity index (χ1v) is 16.5. The summed E-state index contributed by atoms with van der Waals surface area (Å²) in [5, 5.41) is 4.63. The standard InChI is InChI=1S/C44H29N5.Pt/c1-27-24-36-33-22-21-29(26-40(33)49(39(36)25-28(27)2)41-20-8-9-23-45-41)31-15-11-19-38-43(31)47-44(48(38)30-12-4-3-5-13-30)35-17-10-16-34-32-14-6-7-18-37(32)46-42(34)35;/h3-25H,1-2H3;/q-2;+2. The molecule has 0 saturated carbocycles. The first kappa shape index (κ1) is 30.3. The van der Waals surface area contributed by atoms with Gasteiger partial charge in [-0.15, -0.1) is 34.8 Å². The molecule has 6 aromatic carbocycles. The summed E-state index contributed by atoms with van der Waals surface area (Å²) in [4.78, 5) is 15.4. The van der Waals surface area contributed by atoms with Crippen molar-refractivity contribution in [1.82, 2.24) is 24.1 Å². The van der Waals surface area contributed by atoms with Gasteiger partial charge in [-0.3, -0.25) is 4.57 Å². The van der Waals surface area contributed by atoms with Crippen molar-refractivity contribution >= 4 is 54.6 Å². The molecule has 10 rings (SSSR count). The summed E-state index contributed by atoms with van der Waals surface area (Å²) in [7, 11) is 0. The summed E-state index contributed by atoms with van der Waals surface area (Å²) >= 11 is 0. The molecule has 0 aliphatic rings. The third-order valence-corrected chi connectivity index (χ3v) is 9.86. The van der Waals surface area contributed by atoms with E-state index in [2.05, 4.69) is 138 Å². The van der Waals surface area contributed by atoms with Crippen molar-refractivity contribution in [3.05, 3.63) is 157 Å². The van der Waals surface area contributed by atoms with Gasteiger partial charge < -0.3 is 9.55 Å². The second-order valence-corrected chi connectivity index (χ2v) is 12.7. The fourth-order valence-electron chi connectivity index (χ4n) is 7.40. The zero-order valence-corrected chi connectivity index (χ0v) is 29.6. The molecule has 0 saturated heterocycles. The van der Waals surface area contributed by atoms with Crippen molar-refractivity contribution in [2.45, 2.75) is 13.8 Å². The molecule has 50 heavy (non-hydrogen) atoms. The molecule has 0 amide bonds. The van der Waals surface area contributed by atoms with Gasteiger partial charge in [-0.2, -0.15) is 0 Å². The van der Waals surface area contributed by atoms with Gasteiger partial charge in [0.1, 0.15) is 11.6 Å². The number of nitrogens with zero attached hydrogens (tertiary/aromatic N) is 5. The first-order valence-electron chi connectivity index (χ1n) is 16.5. The van der Waals surface area contributed by atoms with E-state index in [1.165, 1.54) is 16.5 Å². The summed E-state index contributed by atoms with van der Waals surface area (Å²) in [6.07, 6.45) is 1.85. The minimum absolute atomic E-state index is 0. The Morgan fingerprint density at radius 1 is 0.600 bits per heavy atom. The number of pyridine rings is 1. The van der Waals surface area contributed by atoms with Crippen LogP contribution in [0.1, 0.15) is 11.1 Å². The molecule has 240 valence electrons. The Morgan fingerprint density at radius 2 is 1.36 bits per heavy atom. The van der Waals surface area contributed by atoms with E-state index in [-0.39, 0.29) is 21.1 Å². The SMILES string of the molecule is Cc1cc2c3ccc(-c4cccc5c4nc(-c4cccc6c4[n-]c4ccccc46)n5-c4ccccc4)[c-]c3n(-c3ccccn3)c2cc1C.[Pt+2]. The fourth-order valence-corrected chi connectivity index (χ4v) is 7.40. The van der Waals surface area contributed by atoms with Gasteiger partial charge >= 0.3 is 21.1 Å². The van der Waals surface area contributed by atoms with Crippen LogP contribution >= 0.6 is 0 Å². The summed E-state index contributed by atoms with van der Waals surface area (Å²) < 4.78 is 4.50. The number of hydrogen-bond donors (Lipinski definition) is 0. The predicted octanol–water partition coefficient (Wildman–Crippen LogP) is 10.5. The number of aryl methyl sites for hydroxylation is 2. The van der Waals surface area contributed by atoms with E-state index in [0.29, 0.717) is 0 Å². The van der Waals surface area contributed by atoms with Crippen LogP contribution < -0.4 is 4.98 Å². The van der Waals surface area contributed by atoms with Crippen LogP contribution in [0.2, 0.25) is 0 Å². The van der Waals surface area contributed by atoms with Gasteiger partial charge in [0.25, 0.3) is 0 Å². The monoisotopic (exact) mass is 822 g/mol. The van der Waals surface area contributed by atoms with Crippen molar-refractivity contribution in [2.24, 2.45) is 0 Å². The maximum atomic E-state index is 5.47. The van der Waals surface area contributed by atoms with Crippen LogP contribution in [-0.2, 0) is 21.1 Å². The van der Waals surface area contributed by atoms with Crippen LogP contribution in [0.4, 0.5) is 0 Å². The van der Waals surface area contributed by atoms with Crippen LogP contribution in [0.3, 0.4) is 0 Å². The molecule has 0 aliphatic heterocycles. The molecule has 0 N–H and O–H groups in total. The molecular formula is C44H29N5Pt. The molecule has 0 fully saturated rings. The largest absolute Gasteiger partial charge is 2.00 e. The van der Waals surface area contributed by atoms with Crippen LogP contribution in [-0.4, -0.2) is 19.1 Å². The van der Waals surface area contributed by atoms with Crippen molar-refractivity contribution < 1.29 is 21.1 Å². The molecular weight excluding hydrogens is 794 g/mol. The van der Waals surface area contributed by atoms with Crippen LogP contribution in [0.25, 0.3) is 88.7 Å². The zero-order chi connectivity index (χ0) is 32.6. The van der Waals surface area contributed by atoms with E-state index in [9.17, 15) is 0 Å². The number of hydrogen-bond acceptors (Lipinski definition) is 2. The fraction of sp³-hybridized carbons (Fsp3) is 0.0455. The van der Waals surface area contributed by atoms with Crippen LogP contribution in [0.5, 0.6) is 0 Å². The van der Waals surface area contributed by atoms with E-state index < -0.39 is 0 Å². The third-order valence-electron chi connectivity index (χ3n) is 9.86. The molecule has 5 nitrogen and oxygen atoms in total. The normalized spacial score (nSPS) is 11.6. The Labute approximate surface area is 303 Å². The Balaban J connectivity index is 0.00000336. The quantitative estimate of drug-likeness (QED) is 0.166. The molecule has 0 spiro atoms. The van der Waals surface area contributed by atoms with Crippen molar-refractivity contribution in [1.29, 1.82) is 0 Å². The van der Waals surface area contributed by atoms with Crippen molar-refractivity contribution in [2.75, 3.05) is 0 Å². The molecule has 0 atom stereocenters. The average molecular weight is 823 g/mol. The van der Waals surface area contributed by atoms with Gasteiger partial charge in [0, 0.05) is 23.0 Å². The Hall–Kier alpha value is -5.77. The maximum Gasteiger partial charge on any atom is 2.00 e. The second kappa shape index (κ2) is 11.7. The molecule has 6 heteroatoms. The Kier molecular flexibility index (Phi) is 7.08. The summed E-state index contributed by atoms with van der Waals surface area (Å²) in [5.74, 6) is 1.73. The number of fused-ring (bicyclic) bond motifs is 7. The van der Waals surface area contributed by atoms with Crippen molar-refractivity contribution in [3.63, 3.8) is 0 Å². The Morgan fingerprint density at radius 3 is 2.22 bits per heavy atom. The predicted molar refractivity (Wildman–Crippen MR) is 201 cm³/mol. The van der Waals surface area contributed by atoms with E-state index in [4.69, 9.17) is 15.0 Å². The number of rotatable bonds is 4. The molecule has 4 aromatic heterocycles. The molecule has 4 heterocycles. The minimum Gasteiger partial charge on any atom is -0.656 e. The number of benzene rings is 6. The van der Waals surface area contributed by atoms with Crippen LogP contribution in [0.15, 0.2) is 140 Å². The van der Waals surface area contributed by atoms with Crippen molar-refractivity contribution in [3.8, 4) is 34.0 Å². The molecule has 0 unspecified atom stereocenters. The van der Waals surface area contributed by atoms with E-state index in [0.717, 1.165) is 83.3 Å². The summed E-state index contributed by atoms with van der Waals surface area (Å²) in [6, 6.07) is 50.5. The summed E-state index contributed by atoms with van der Waals surface area (Å²) in [6.45, 7) is 4.34. The van der Waals surface area contributed by atoms with Gasteiger partial charge in [-0.05, 0) is 83.0 Å². The number of imidazole rings is 1. The number of para-hydroxylation sites is 4. The number of aromatic nitrogens is 5. The maximum absolute atomic E-state index is 5.47. The molecule has 0 aliphatic carbocycles. The topological polar surface area (TPSA) is 49.7 Å². The van der Waals surface area contributed by atoms with Gasteiger partial charge in [-0.25, -0.2) is 9.97 Å². The average Bonchev–Trinajstić information content (AvgIpc) is 3.82. The second-order valence-electron chi connectivity index (χ2n) is 12.7. The third kappa shape index (κ3) is 4.50. The minimum atomic E-state index is 0. The zero-order valence-electron chi connectivity index (χ0n) is 27.3. The Bertz CT molecular complexity index is 2900. The van der Waals surface area contributed by atoms with Crippen LogP contribution in [0, 0.1) is 19.9 Å². The van der Waals surface area contributed by atoms with E-state index >= 15 is 0 Å².